The van der Waals surface area contributed by atoms with Crippen molar-refractivity contribution < 1.29 is 4.42 Å². The first-order valence-corrected chi connectivity index (χ1v) is 6.70. The average Bonchev–Trinajstić information content (AvgIpc) is 2.54. The van der Waals surface area contributed by atoms with Crippen LogP contribution in [0.3, 0.4) is 0 Å². The summed E-state index contributed by atoms with van der Waals surface area (Å²) < 4.78 is 5.50. The minimum atomic E-state index is 0.253. The molecule has 0 aliphatic rings. The van der Waals surface area contributed by atoms with Crippen molar-refractivity contribution in [2.45, 2.75) is 45.8 Å². The van der Waals surface area contributed by atoms with Crippen LogP contribution in [-0.2, 0) is 0 Å². The fourth-order valence-electron chi connectivity index (χ4n) is 1.32. The number of nitrogens with zero attached hydrogens (tertiary/aromatic N) is 1. The van der Waals surface area contributed by atoms with Gasteiger partial charge in [0.15, 0.2) is 0 Å². The highest BCUT2D eigenvalue weighted by Gasteiger charge is 2.15. The zero-order valence-corrected chi connectivity index (χ0v) is 11.5. The summed E-state index contributed by atoms with van der Waals surface area (Å²) in [7, 11) is 0. The van der Waals surface area contributed by atoms with Crippen LogP contribution in [0.4, 0.5) is 0 Å². The zero-order chi connectivity index (χ0) is 12.2. The van der Waals surface area contributed by atoms with Crippen LogP contribution in [0.1, 0.15) is 38.1 Å². The lowest BCUT2D eigenvalue weighted by Crippen LogP contribution is -2.23. The van der Waals surface area contributed by atoms with Crippen molar-refractivity contribution in [1.29, 1.82) is 0 Å². The van der Waals surface area contributed by atoms with Gasteiger partial charge in [0.05, 0.1) is 5.69 Å². The van der Waals surface area contributed by atoms with Gasteiger partial charge in [-0.2, -0.15) is 0 Å². The smallest absolute Gasteiger partial charge is 0.256 e. The molecule has 0 amide bonds. The molecule has 1 aromatic heterocycles. The number of hydrogen-bond acceptors (Lipinski definition) is 4. The molecule has 0 radical (unpaired) electrons. The van der Waals surface area contributed by atoms with E-state index in [1.54, 1.807) is 11.8 Å². The topological polar surface area (TPSA) is 52.0 Å². The second-order valence-electron chi connectivity index (χ2n) is 4.94. The standard InChI is InChI=1S/C12H22N2OS/c1-9-10(2)15-11(14-9)16-7-5-6-12(3,4)8-13/h5-8,13H2,1-4H3. The molecule has 0 aliphatic carbocycles. The molecule has 0 aliphatic heterocycles. The maximum atomic E-state index is 5.69. The first kappa shape index (κ1) is 13.6. The molecule has 1 rings (SSSR count). The van der Waals surface area contributed by atoms with Crippen molar-refractivity contribution in [2.24, 2.45) is 11.1 Å². The Hall–Kier alpha value is -0.480. The third-order valence-electron chi connectivity index (χ3n) is 2.78. The first-order valence-electron chi connectivity index (χ1n) is 5.71. The molecule has 1 heterocycles. The molecule has 0 saturated carbocycles. The van der Waals surface area contributed by atoms with Crippen LogP contribution >= 0.6 is 11.8 Å². The van der Waals surface area contributed by atoms with Crippen molar-refractivity contribution in [3.63, 3.8) is 0 Å². The summed E-state index contributed by atoms with van der Waals surface area (Å²) in [5, 5.41) is 0.792. The Kier molecular flexibility index (Phi) is 4.87. The second-order valence-corrected chi connectivity index (χ2v) is 5.99. The van der Waals surface area contributed by atoms with Crippen molar-refractivity contribution >= 4 is 11.8 Å². The van der Waals surface area contributed by atoms with Crippen LogP contribution < -0.4 is 5.73 Å². The SMILES string of the molecule is Cc1nc(SCCCC(C)(C)CN)oc1C. The van der Waals surface area contributed by atoms with Crippen LogP contribution in [0.15, 0.2) is 9.64 Å². The summed E-state index contributed by atoms with van der Waals surface area (Å²) in [6.07, 6.45) is 2.30. The number of aryl methyl sites for hydroxylation is 2. The Morgan fingerprint density at radius 2 is 2.06 bits per heavy atom. The molecule has 0 unspecified atom stereocenters. The highest BCUT2D eigenvalue weighted by Crippen LogP contribution is 2.25. The van der Waals surface area contributed by atoms with Gasteiger partial charge in [0, 0.05) is 5.75 Å². The molecular weight excluding hydrogens is 220 g/mol. The third kappa shape index (κ3) is 4.18. The number of hydrogen-bond donors (Lipinski definition) is 1. The van der Waals surface area contributed by atoms with E-state index in [1.807, 2.05) is 13.8 Å². The van der Waals surface area contributed by atoms with E-state index in [-0.39, 0.29) is 5.41 Å². The summed E-state index contributed by atoms with van der Waals surface area (Å²) in [6.45, 7) is 9.08. The molecule has 16 heavy (non-hydrogen) atoms. The average molecular weight is 242 g/mol. The quantitative estimate of drug-likeness (QED) is 0.615. The lowest BCUT2D eigenvalue weighted by Gasteiger charge is -2.21. The van der Waals surface area contributed by atoms with Crippen LogP contribution in [0.25, 0.3) is 0 Å². The Balaban J connectivity index is 2.26. The molecule has 0 bridgehead atoms. The molecule has 0 aromatic carbocycles. The number of aromatic nitrogens is 1. The number of oxazole rings is 1. The molecule has 92 valence electrons. The predicted molar refractivity (Wildman–Crippen MR) is 68.8 cm³/mol. The molecule has 4 heteroatoms. The van der Waals surface area contributed by atoms with Crippen molar-refractivity contribution in [3.05, 3.63) is 11.5 Å². The molecule has 1 aromatic rings. The van der Waals surface area contributed by atoms with E-state index in [2.05, 4.69) is 18.8 Å². The molecule has 0 atom stereocenters. The van der Waals surface area contributed by atoms with Crippen molar-refractivity contribution in [1.82, 2.24) is 4.98 Å². The van der Waals surface area contributed by atoms with E-state index in [0.717, 1.165) is 41.8 Å². The molecule has 3 nitrogen and oxygen atoms in total. The van der Waals surface area contributed by atoms with Crippen LogP contribution in [0, 0.1) is 19.3 Å². The number of rotatable bonds is 6. The number of nitrogens with two attached hydrogens (primary N) is 1. The van der Waals surface area contributed by atoms with Gasteiger partial charge in [0.1, 0.15) is 5.76 Å². The summed E-state index contributed by atoms with van der Waals surface area (Å²) in [6, 6.07) is 0. The van der Waals surface area contributed by atoms with E-state index in [4.69, 9.17) is 10.2 Å². The van der Waals surface area contributed by atoms with Crippen LogP contribution in [0.5, 0.6) is 0 Å². The highest BCUT2D eigenvalue weighted by atomic mass is 32.2. The molecule has 0 spiro atoms. The fourth-order valence-corrected chi connectivity index (χ4v) is 2.17. The lowest BCUT2D eigenvalue weighted by molar-refractivity contribution is 0.344. The predicted octanol–water partition coefficient (Wildman–Crippen LogP) is 3.15. The van der Waals surface area contributed by atoms with E-state index in [1.165, 1.54) is 0 Å². The van der Waals surface area contributed by atoms with E-state index >= 15 is 0 Å². The minimum Gasteiger partial charge on any atom is -0.437 e. The first-order chi connectivity index (χ1) is 7.44. The van der Waals surface area contributed by atoms with E-state index in [0.29, 0.717) is 0 Å². The molecular formula is C12H22N2OS. The molecule has 0 fully saturated rings. The van der Waals surface area contributed by atoms with Gasteiger partial charge < -0.3 is 10.2 Å². The monoisotopic (exact) mass is 242 g/mol. The Morgan fingerprint density at radius 3 is 2.56 bits per heavy atom. The van der Waals surface area contributed by atoms with Crippen molar-refractivity contribution in [2.75, 3.05) is 12.3 Å². The minimum absolute atomic E-state index is 0.253. The summed E-state index contributed by atoms with van der Waals surface area (Å²) in [5.74, 6) is 1.97. The zero-order valence-electron chi connectivity index (χ0n) is 10.7. The Bertz CT molecular complexity index is 314. The maximum absolute atomic E-state index is 5.69. The highest BCUT2D eigenvalue weighted by molar-refractivity contribution is 7.99. The fraction of sp³-hybridized carbons (Fsp3) is 0.750. The Labute approximate surface area is 102 Å². The van der Waals surface area contributed by atoms with Gasteiger partial charge in [-0.05, 0) is 38.6 Å². The van der Waals surface area contributed by atoms with Gasteiger partial charge in [-0.15, -0.1) is 0 Å². The van der Waals surface area contributed by atoms with Gasteiger partial charge in [-0.25, -0.2) is 4.98 Å². The van der Waals surface area contributed by atoms with Crippen molar-refractivity contribution in [3.8, 4) is 0 Å². The number of thioether (sulfide) groups is 1. The molecule has 0 saturated heterocycles. The van der Waals surface area contributed by atoms with Gasteiger partial charge in [-0.3, -0.25) is 0 Å². The largest absolute Gasteiger partial charge is 0.437 e. The maximum Gasteiger partial charge on any atom is 0.256 e. The third-order valence-corrected chi connectivity index (χ3v) is 3.70. The van der Waals surface area contributed by atoms with E-state index in [9.17, 15) is 0 Å². The van der Waals surface area contributed by atoms with E-state index < -0.39 is 0 Å². The summed E-state index contributed by atoms with van der Waals surface area (Å²) in [5.41, 5.74) is 6.93. The molecule has 2 N–H and O–H groups in total. The van der Waals surface area contributed by atoms with Crippen LogP contribution in [0.2, 0.25) is 0 Å². The summed E-state index contributed by atoms with van der Waals surface area (Å²) >= 11 is 1.69. The summed E-state index contributed by atoms with van der Waals surface area (Å²) in [4.78, 5) is 4.34. The van der Waals surface area contributed by atoms with Gasteiger partial charge >= 0.3 is 0 Å². The van der Waals surface area contributed by atoms with Gasteiger partial charge in [0.25, 0.3) is 5.22 Å². The Morgan fingerprint density at radius 1 is 1.38 bits per heavy atom. The lowest BCUT2D eigenvalue weighted by atomic mass is 9.88. The van der Waals surface area contributed by atoms with Crippen LogP contribution in [-0.4, -0.2) is 17.3 Å². The second kappa shape index (κ2) is 5.73. The normalized spacial score (nSPS) is 12.1. The van der Waals surface area contributed by atoms with Gasteiger partial charge in [-0.1, -0.05) is 25.6 Å². The van der Waals surface area contributed by atoms with Gasteiger partial charge in [0.2, 0.25) is 0 Å².